The van der Waals surface area contributed by atoms with Gasteiger partial charge in [-0.3, -0.25) is 4.79 Å². The van der Waals surface area contributed by atoms with Crippen molar-refractivity contribution in [1.82, 2.24) is 14.9 Å². The zero-order valence-electron chi connectivity index (χ0n) is 10.3. The van der Waals surface area contributed by atoms with Crippen LogP contribution in [0.15, 0.2) is 18.2 Å². The zero-order valence-corrected chi connectivity index (χ0v) is 10.3. The molecule has 0 aliphatic rings. The molecule has 0 aliphatic heterocycles. The predicted octanol–water partition coefficient (Wildman–Crippen LogP) is 0.418. The number of carbonyl (C=O) groups excluding carboxylic acids is 1. The Morgan fingerprint density at radius 1 is 1.61 bits per heavy atom. The number of anilines is 1. The maximum atomic E-state index is 11.7. The topological polar surface area (TPSA) is 93.2 Å². The fraction of sp³-hybridized carbons (Fsp3) is 0.333. The van der Waals surface area contributed by atoms with Crippen molar-refractivity contribution in [2.24, 2.45) is 0 Å². The first kappa shape index (κ1) is 12.4. The molecule has 4 N–H and O–H groups in total. The second-order valence-electron chi connectivity index (χ2n) is 4.09. The number of nitrogen functional groups attached to an aromatic ring is 1. The van der Waals surface area contributed by atoms with Crippen LogP contribution >= 0.6 is 0 Å². The van der Waals surface area contributed by atoms with Crippen molar-refractivity contribution in [1.29, 1.82) is 0 Å². The van der Waals surface area contributed by atoms with Crippen LogP contribution in [-0.2, 0) is 11.4 Å². The Bertz CT molecular complexity index is 591. The molecule has 1 atom stereocenters. The normalized spacial score (nSPS) is 12.6. The number of aromatic nitrogens is 2. The Morgan fingerprint density at radius 2 is 2.33 bits per heavy atom. The molecule has 1 aromatic carbocycles. The largest absolute Gasteiger partial charge is 0.399 e. The molecule has 1 unspecified atom stereocenters. The number of aliphatic hydroxyl groups is 1. The molecule has 1 aromatic heterocycles. The van der Waals surface area contributed by atoms with Gasteiger partial charge in [-0.15, -0.1) is 0 Å². The summed E-state index contributed by atoms with van der Waals surface area (Å²) in [5.74, 6) is 0.313. The van der Waals surface area contributed by atoms with Gasteiger partial charge in [0.15, 0.2) is 0 Å². The Morgan fingerprint density at radius 3 is 2.94 bits per heavy atom. The average molecular weight is 248 g/mol. The van der Waals surface area contributed by atoms with Crippen LogP contribution in [0, 0.1) is 0 Å². The third-order valence-corrected chi connectivity index (χ3v) is 2.94. The van der Waals surface area contributed by atoms with Gasteiger partial charge >= 0.3 is 0 Å². The SMILES string of the molecule is CNC(=O)C(C)n1c(CO)nc2cc(N)ccc21. The van der Waals surface area contributed by atoms with E-state index in [4.69, 9.17) is 5.73 Å². The van der Waals surface area contributed by atoms with Gasteiger partial charge < -0.3 is 20.7 Å². The number of fused-ring (bicyclic) bond motifs is 1. The molecular formula is C12H16N4O2. The number of hydrogen-bond donors (Lipinski definition) is 3. The molecule has 1 amide bonds. The molecule has 1 heterocycles. The molecule has 0 aliphatic carbocycles. The number of nitrogens with one attached hydrogen (secondary N) is 1. The molecule has 0 fully saturated rings. The minimum atomic E-state index is -0.439. The molecule has 0 radical (unpaired) electrons. The molecular weight excluding hydrogens is 232 g/mol. The lowest BCUT2D eigenvalue weighted by atomic mass is 10.2. The molecule has 2 aromatic rings. The fourth-order valence-electron chi connectivity index (χ4n) is 2.04. The summed E-state index contributed by atoms with van der Waals surface area (Å²) in [4.78, 5) is 16.0. The number of likely N-dealkylation sites (N-methyl/N-ethyl adjacent to an activating group) is 1. The van der Waals surface area contributed by atoms with Crippen LogP contribution in [0.4, 0.5) is 5.69 Å². The average Bonchev–Trinajstić information content (AvgIpc) is 2.74. The van der Waals surface area contributed by atoms with E-state index in [0.717, 1.165) is 5.52 Å². The summed E-state index contributed by atoms with van der Waals surface area (Å²) in [6.45, 7) is 1.53. The van der Waals surface area contributed by atoms with E-state index in [1.165, 1.54) is 0 Å². The van der Waals surface area contributed by atoms with Gasteiger partial charge in [0, 0.05) is 12.7 Å². The third-order valence-electron chi connectivity index (χ3n) is 2.94. The van der Waals surface area contributed by atoms with Crippen molar-refractivity contribution in [3.63, 3.8) is 0 Å². The number of hydrogen-bond acceptors (Lipinski definition) is 4. The van der Waals surface area contributed by atoms with Crippen LogP contribution in [0.5, 0.6) is 0 Å². The van der Waals surface area contributed by atoms with E-state index in [1.807, 2.05) is 0 Å². The van der Waals surface area contributed by atoms with Crippen molar-refractivity contribution < 1.29 is 9.90 Å². The fourth-order valence-corrected chi connectivity index (χ4v) is 2.04. The van der Waals surface area contributed by atoms with Gasteiger partial charge in [-0.1, -0.05) is 0 Å². The molecule has 18 heavy (non-hydrogen) atoms. The molecule has 6 nitrogen and oxygen atoms in total. The number of rotatable bonds is 3. The number of nitrogens with zero attached hydrogens (tertiary/aromatic N) is 2. The Balaban J connectivity index is 2.63. The van der Waals surface area contributed by atoms with Gasteiger partial charge in [-0.25, -0.2) is 4.98 Å². The monoisotopic (exact) mass is 248 g/mol. The number of aliphatic hydroxyl groups excluding tert-OH is 1. The number of imidazole rings is 1. The molecule has 2 rings (SSSR count). The van der Waals surface area contributed by atoms with Crippen LogP contribution in [0.1, 0.15) is 18.8 Å². The highest BCUT2D eigenvalue weighted by molar-refractivity contribution is 5.85. The van der Waals surface area contributed by atoms with Crippen molar-refractivity contribution in [2.75, 3.05) is 12.8 Å². The van der Waals surface area contributed by atoms with Crippen LogP contribution < -0.4 is 11.1 Å². The van der Waals surface area contributed by atoms with E-state index in [2.05, 4.69) is 10.3 Å². The number of nitrogens with two attached hydrogens (primary N) is 1. The number of amides is 1. The second kappa shape index (κ2) is 4.66. The summed E-state index contributed by atoms with van der Waals surface area (Å²) >= 11 is 0. The summed E-state index contributed by atoms with van der Waals surface area (Å²) < 4.78 is 1.72. The predicted molar refractivity (Wildman–Crippen MR) is 68.8 cm³/mol. The van der Waals surface area contributed by atoms with Crippen LogP contribution in [0.25, 0.3) is 11.0 Å². The Hall–Kier alpha value is -2.08. The molecule has 96 valence electrons. The van der Waals surface area contributed by atoms with Crippen molar-refractivity contribution in [3.05, 3.63) is 24.0 Å². The van der Waals surface area contributed by atoms with E-state index >= 15 is 0 Å². The highest BCUT2D eigenvalue weighted by Crippen LogP contribution is 2.23. The number of benzene rings is 1. The Kier molecular flexibility index (Phi) is 3.20. The van der Waals surface area contributed by atoms with E-state index in [0.29, 0.717) is 17.0 Å². The summed E-state index contributed by atoms with van der Waals surface area (Å²) in [5, 5.41) is 11.9. The maximum absolute atomic E-state index is 11.7. The summed E-state index contributed by atoms with van der Waals surface area (Å²) in [6, 6.07) is 4.83. The van der Waals surface area contributed by atoms with Crippen molar-refractivity contribution >= 4 is 22.6 Å². The van der Waals surface area contributed by atoms with Crippen LogP contribution in [-0.4, -0.2) is 27.6 Å². The summed E-state index contributed by atoms with van der Waals surface area (Å²) in [5.41, 5.74) is 7.75. The van der Waals surface area contributed by atoms with E-state index in [-0.39, 0.29) is 12.5 Å². The molecule has 0 saturated carbocycles. The zero-order chi connectivity index (χ0) is 13.3. The van der Waals surface area contributed by atoms with E-state index < -0.39 is 6.04 Å². The van der Waals surface area contributed by atoms with Gasteiger partial charge in [0.25, 0.3) is 0 Å². The summed E-state index contributed by atoms with van der Waals surface area (Å²) in [6.07, 6.45) is 0. The van der Waals surface area contributed by atoms with Crippen LogP contribution in [0.3, 0.4) is 0 Å². The van der Waals surface area contributed by atoms with Gasteiger partial charge in [-0.2, -0.15) is 0 Å². The first-order valence-corrected chi connectivity index (χ1v) is 5.67. The highest BCUT2D eigenvalue weighted by Gasteiger charge is 2.20. The Labute approximate surface area is 104 Å². The maximum Gasteiger partial charge on any atom is 0.242 e. The molecule has 0 saturated heterocycles. The van der Waals surface area contributed by atoms with Gasteiger partial charge in [0.05, 0.1) is 11.0 Å². The summed E-state index contributed by atoms with van der Waals surface area (Å²) in [7, 11) is 1.58. The quantitative estimate of drug-likeness (QED) is 0.686. The van der Waals surface area contributed by atoms with Crippen molar-refractivity contribution in [2.45, 2.75) is 19.6 Å². The minimum Gasteiger partial charge on any atom is -0.399 e. The second-order valence-corrected chi connectivity index (χ2v) is 4.09. The molecule has 0 spiro atoms. The van der Waals surface area contributed by atoms with Gasteiger partial charge in [-0.05, 0) is 25.1 Å². The lowest BCUT2D eigenvalue weighted by Crippen LogP contribution is -2.28. The lowest BCUT2D eigenvalue weighted by Gasteiger charge is -2.15. The molecule has 0 bridgehead atoms. The smallest absolute Gasteiger partial charge is 0.242 e. The van der Waals surface area contributed by atoms with Gasteiger partial charge in [0.2, 0.25) is 5.91 Å². The van der Waals surface area contributed by atoms with Gasteiger partial charge in [0.1, 0.15) is 18.5 Å². The van der Waals surface area contributed by atoms with E-state index in [1.54, 1.807) is 36.7 Å². The first-order chi connectivity index (χ1) is 8.58. The molecule has 6 heteroatoms. The third kappa shape index (κ3) is 1.91. The standard InChI is InChI=1S/C12H16N4O2/c1-7(12(18)14-2)16-10-4-3-8(13)5-9(10)15-11(16)6-17/h3-5,7,17H,6,13H2,1-2H3,(H,14,18). The van der Waals surface area contributed by atoms with Crippen molar-refractivity contribution in [3.8, 4) is 0 Å². The lowest BCUT2D eigenvalue weighted by molar-refractivity contribution is -0.123. The van der Waals surface area contributed by atoms with E-state index in [9.17, 15) is 9.90 Å². The number of carbonyl (C=O) groups is 1. The highest BCUT2D eigenvalue weighted by atomic mass is 16.3. The minimum absolute atomic E-state index is 0.138. The first-order valence-electron chi connectivity index (χ1n) is 5.67. The van der Waals surface area contributed by atoms with Crippen LogP contribution in [0.2, 0.25) is 0 Å².